The van der Waals surface area contributed by atoms with Crippen molar-refractivity contribution in [2.75, 3.05) is 0 Å². The summed E-state index contributed by atoms with van der Waals surface area (Å²) in [5, 5.41) is 8.64. The number of carbonyl (C=O) groups excluding carboxylic acids is 2. The molecule has 4 heteroatoms. The third-order valence-electron chi connectivity index (χ3n) is 2.09. The number of ketones is 2. The lowest BCUT2D eigenvalue weighted by Gasteiger charge is -2.12. The zero-order chi connectivity index (χ0) is 10.6. The number of Topliss-reactive ketones (excluding diaryl/α,β-unsaturated/α-hetero) is 2. The molecule has 0 heterocycles. The Bertz CT molecular complexity index is 232. The van der Waals surface area contributed by atoms with Crippen LogP contribution in [0, 0.1) is 11.8 Å². The maximum atomic E-state index is 11.4. The molecule has 1 N–H and O–H groups in total. The minimum atomic E-state index is -1.15. The molecule has 0 saturated carbocycles. The standard InChI is InChI=1S/C9H14O4/c1-4-7(9(12)13)8(11)5(2)6(3)10/h5,7H,4H2,1-3H3,(H,12,13). The number of carbonyl (C=O) groups is 3. The van der Waals surface area contributed by atoms with Crippen molar-refractivity contribution in [3.8, 4) is 0 Å². The van der Waals surface area contributed by atoms with Crippen molar-refractivity contribution in [3.63, 3.8) is 0 Å². The van der Waals surface area contributed by atoms with Gasteiger partial charge in [-0.1, -0.05) is 6.92 Å². The summed E-state index contributed by atoms with van der Waals surface area (Å²) in [5.41, 5.74) is 0. The molecule has 4 nitrogen and oxygen atoms in total. The van der Waals surface area contributed by atoms with Gasteiger partial charge in [-0.3, -0.25) is 14.4 Å². The Labute approximate surface area is 76.9 Å². The maximum Gasteiger partial charge on any atom is 0.314 e. The highest BCUT2D eigenvalue weighted by molar-refractivity contribution is 6.08. The molecule has 0 fully saturated rings. The van der Waals surface area contributed by atoms with Crippen molar-refractivity contribution in [1.82, 2.24) is 0 Å². The van der Waals surface area contributed by atoms with Crippen molar-refractivity contribution in [2.45, 2.75) is 27.2 Å². The molecule has 2 unspecified atom stereocenters. The molecule has 0 aliphatic carbocycles. The van der Waals surface area contributed by atoms with Crippen LogP contribution in [0.3, 0.4) is 0 Å². The van der Waals surface area contributed by atoms with E-state index in [2.05, 4.69) is 0 Å². The first-order valence-corrected chi connectivity index (χ1v) is 4.18. The largest absolute Gasteiger partial charge is 0.481 e. The van der Waals surface area contributed by atoms with Crippen LogP contribution in [-0.4, -0.2) is 22.6 Å². The van der Waals surface area contributed by atoms with Gasteiger partial charge in [0.25, 0.3) is 0 Å². The lowest BCUT2D eigenvalue weighted by molar-refractivity contribution is -0.148. The fraction of sp³-hybridized carbons (Fsp3) is 0.667. The van der Waals surface area contributed by atoms with Crippen molar-refractivity contribution in [2.24, 2.45) is 11.8 Å². The van der Waals surface area contributed by atoms with Crippen molar-refractivity contribution in [3.05, 3.63) is 0 Å². The summed E-state index contributed by atoms with van der Waals surface area (Å²) in [4.78, 5) is 32.7. The fourth-order valence-electron chi connectivity index (χ4n) is 1.000. The summed E-state index contributed by atoms with van der Waals surface area (Å²) in [6, 6.07) is 0. The van der Waals surface area contributed by atoms with Gasteiger partial charge in [-0.05, 0) is 20.3 Å². The second-order valence-electron chi connectivity index (χ2n) is 3.03. The Morgan fingerprint density at radius 2 is 1.77 bits per heavy atom. The topological polar surface area (TPSA) is 71.4 Å². The van der Waals surface area contributed by atoms with Crippen LogP contribution < -0.4 is 0 Å². The van der Waals surface area contributed by atoms with Gasteiger partial charge in [-0.25, -0.2) is 0 Å². The zero-order valence-electron chi connectivity index (χ0n) is 8.03. The van der Waals surface area contributed by atoms with Gasteiger partial charge >= 0.3 is 5.97 Å². The second kappa shape index (κ2) is 4.74. The molecule has 0 rings (SSSR count). The minimum absolute atomic E-state index is 0.228. The smallest absolute Gasteiger partial charge is 0.314 e. The molecule has 0 aromatic carbocycles. The van der Waals surface area contributed by atoms with Crippen LogP contribution in [0.15, 0.2) is 0 Å². The van der Waals surface area contributed by atoms with E-state index in [0.717, 1.165) is 0 Å². The fourth-order valence-corrected chi connectivity index (χ4v) is 1.000. The summed E-state index contributed by atoms with van der Waals surface area (Å²) >= 11 is 0. The number of hydrogen-bond acceptors (Lipinski definition) is 3. The minimum Gasteiger partial charge on any atom is -0.481 e. The molecule has 0 amide bonds. The third-order valence-corrected chi connectivity index (χ3v) is 2.09. The Hall–Kier alpha value is -1.19. The van der Waals surface area contributed by atoms with Crippen LogP contribution in [0.1, 0.15) is 27.2 Å². The van der Waals surface area contributed by atoms with Crippen LogP contribution >= 0.6 is 0 Å². The summed E-state index contributed by atoms with van der Waals surface area (Å²) in [5.74, 6) is -3.78. The van der Waals surface area contributed by atoms with E-state index in [9.17, 15) is 14.4 Å². The van der Waals surface area contributed by atoms with E-state index in [1.54, 1.807) is 6.92 Å². The van der Waals surface area contributed by atoms with Crippen molar-refractivity contribution in [1.29, 1.82) is 0 Å². The molecule has 0 aromatic heterocycles. The molecular weight excluding hydrogens is 172 g/mol. The zero-order valence-corrected chi connectivity index (χ0v) is 8.03. The number of hydrogen-bond donors (Lipinski definition) is 1. The lowest BCUT2D eigenvalue weighted by atomic mass is 9.90. The van der Waals surface area contributed by atoms with E-state index < -0.39 is 23.6 Å². The van der Waals surface area contributed by atoms with Gasteiger partial charge in [0.1, 0.15) is 11.7 Å². The van der Waals surface area contributed by atoms with Gasteiger partial charge < -0.3 is 5.11 Å². The Morgan fingerprint density at radius 3 is 2.00 bits per heavy atom. The molecule has 0 aliphatic rings. The first-order chi connectivity index (χ1) is 5.91. The number of carboxylic acid groups (broad SMARTS) is 1. The first-order valence-electron chi connectivity index (χ1n) is 4.18. The number of carboxylic acids is 1. The molecule has 74 valence electrons. The average Bonchev–Trinajstić information content (AvgIpc) is 2.03. The highest BCUT2D eigenvalue weighted by Crippen LogP contribution is 2.12. The monoisotopic (exact) mass is 186 g/mol. The van der Waals surface area contributed by atoms with E-state index >= 15 is 0 Å². The normalized spacial score (nSPS) is 14.7. The van der Waals surface area contributed by atoms with Crippen LogP contribution in [0.4, 0.5) is 0 Å². The Morgan fingerprint density at radius 1 is 1.31 bits per heavy atom. The quantitative estimate of drug-likeness (QED) is 0.647. The summed E-state index contributed by atoms with van der Waals surface area (Å²) in [6.07, 6.45) is 0.228. The van der Waals surface area contributed by atoms with E-state index in [1.165, 1.54) is 13.8 Å². The average molecular weight is 186 g/mol. The number of rotatable bonds is 5. The second-order valence-corrected chi connectivity index (χ2v) is 3.03. The molecule has 0 aromatic rings. The van der Waals surface area contributed by atoms with Crippen LogP contribution in [0.25, 0.3) is 0 Å². The highest BCUT2D eigenvalue weighted by atomic mass is 16.4. The van der Waals surface area contributed by atoms with Gasteiger partial charge in [0, 0.05) is 0 Å². The third kappa shape index (κ3) is 2.97. The van der Waals surface area contributed by atoms with Crippen LogP contribution in [0.2, 0.25) is 0 Å². The molecule has 0 spiro atoms. The highest BCUT2D eigenvalue weighted by Gasteiger charge is 2.30. The summed E-state index contributed by atoms with van der Waals surface area (Å²) in [7, 11) is 0. The molecule has 2 atom stereocenters. The Kier molecular flexibility index (Phi) is 4.31. The maximum absolute atomic E-state index is 11.4. The van der Waals surface area contributed by atoms with E-state index in [1.807, 2.05) is 0 Å². The molecule has 13 heavy (non-hydrogen) atoms. The van der Waals surface area contributed by atoms with Crippen molar-refractivity contribution >= 4 is 17.5 Å². The molecule has 0 bridgehead atoms. The van der Waals surface area contributed by atoms with Gasteiger partial charge in [-0.15, -0.1) is 0 Å². The predicted octanol–water partition coefficient (Wildman–Crippen LogP) is 0.891. The van der Waals surface area contributed by atoms with Crippen LogP contribution in [0.5, 0.6) is 0 Å². The van der Waals surface area contributed by atoms with Gasteiger partial charge in [0.05, 0.1) is 5.92 Å². The molecule has 0 saturated heterocycles. The lowest BCUT2D eigenvalue weighted by Crippen LogP contribution is -2.31. The molecular formula is C9H14O4. The van der Waals surface area contributed by atoms with E-state index in [4.69, 9.17) is 5.11 Å². The van der Waals surface area contributed by atoms with E-state index in [0.29, 0.717) is 0 Å². The number of aliphatic carboxylic acids is 1. The molecule has 0 radical (unpaired) electrons. The van der Waals surface area contributed by atoms with Crippen LogP contribution in [-0.2, 0) is 14.4 Å². The van der Waals surface area contributed by atoms with Gasteiger partial charge in [0.15, 0.2) is 5.78 Å². The van der Waals surface area contributed by atoms with Gasteiger partial charge in [0.2, 0.25) is 0 Å². The predicted molar refractivity (Wildman–Crippen MR) is 46.3 cm³/mol. The van der Waals surface area contributed by atoms with E-state index in [-0.39, 0.29) is 12.2 Å². The SMILES string of the molecule is CCC(C(=O)O)C(=O)C(C)C(C)=O. The first kappa shape index (κ1) is 11.8. The summed E-state index contributed by atoms with van der Waals surface area (Å²) < 4.78 is 0. The molecule has 0 aliphatic heterocycles. The summed E-state index contributed by atoms with van der Waals surface area (Å²) in [6.45, 7) is 4.34. The Balaban J connectivity index is 4.55. The van der Waals surface area contributed by atoms with Crippen molar-refractivity contribution < 1.29 is 19.5 Å². The van der Waals surface area contributed by atoms with Gasteiger partial charge in [-0.2, -0.15) is 0 Å².